The maximum Gasteiger partial charge on any atom is 0.510 e. The van der Waals surface area contributed by atoms with Gasteiger partial charge in [-0.2, -0.15) is 0 Å². The van der Waals surface area contributed by atoms with Gasteiger partial charge >= 0.3 is 24.1 Å². The Morgan fingerprint density at radius 2 is 1.43 bits per heavy atom. The van der Waals surface area contributed by atoms with E-state index in [0.717, 1.165) is 6.42 Å². The van der Waals surface area contributed by atoms with Gasteiger partial charge in [0.2, 0.25) is 0 Å². The minimum absolute atomic E-state index is 0.00541. The molecule has 0 aliphatic rings. The first-order chi connectivity index (χ1) is 18.7. The van der Waals surface area contributed by atoms with Gasteiger partial charge < -0.3 is 24.1 Å². The molecule has 1 aromatic carbocycles. The van der Waals surface area contributed by atoms with Gasteiger partial charge in [-0.25, -0.2) is 9.59 Å². The Labute approximate surface area is 238 Å². The lowest BCUT2D eigenvalue weighted by molar-refractivity contribution is -0.167. The number of unbranched alkanes of at least 4 members (excludes halogenated alkanes) is 1. The first kappa shape index (κ1) is 34.9. The number of aliphatic carboxylic acids is 1. The molecule has 1 aromatic rings. The molecule has 10 heteroatoms. The number of benzene rings is 1. The SMILES string of the molecule is CCCCOC(=O)O[C@](Cc1ccc(OC(=O)C(C)C(C)C)c(OC(=O)C(C)C(C)C)c1)(NC(C)CC)C(=O)O. The molecule has 3 unspecified atom stereocenters. The molecule has 0 saturated carbocycles. The summed E-state index contributed by atoms with van der Waals surface area (Å²) in [6, 6.07) is 4.07. The number of carboxylic acids is 1. The lowest BCUT2D eigenvalue weighted by Crippen LogP contribution is -2.59. The first-order valence-corrected chi connectivity index (χ1v) is 14.1. The summed E-state index contributed by atoms with van der Waals surface area (Å²) >= 11 is 0. The van der Waals surface area contributed by atoms with Crippen LogP contribution < -0.4 is 14.8 Å². The van der Waals surface area contributed by atoms with Crippen molar-refractivity contribution < 1.29 is 43.2 Å². The summed E-state index contributed by atoms with van der Waals surface area (Å²) in [5.41, 5.74) is -1.81. The zero-order valence-electron chi connectivity index (χ0n) is 25.4. The highest BCUT2D eigenvalue weighted by molar-refractivity contribution is 5.81. The van der Waals surface area contributed by atoms with E-state index in [0.29, 0.717) is 18.4 Å². The number of carbonyl (C=O) groups is 4. The van der Waals surface area contributed by atoms with Crippen LogP contribution in [0.1, 0.15) is 87.1 Å². The second-order valence-corrected chi connectivity index (χ2v) is 11.0. The zero-order chi connectivity index (χ0) is 30.6. The van der Waals surface area contributed by atoms with E-state index in [2.05, 4.69) is 5.32 Å². The highest BCUT2D eigenvalue weighted by Gasteiger charge is 2.45. The van der Waals surface area contributed by atoms with E-state index in [1.165, 1.54) is 18.2 Å². The van der Waals surface area contributed by atoms with Gasteiger partial charge in [-0.1, -0.05) is 67.9 Å². The fourth-order valence-electron chi connectivity index (χ4n) is 3.33. The Hall–Kier alpha value is -3.14. The van der Waals surface area contributed by atoms with Crippen LogP contribution in [0.5, 0.6) is 11.5 Å². The number of carboxylic acid groups (broad SMARTS) is 1. The van der Waals surface area contributed by atoms with Gasteiger partial charge in [0.15, 0.2) is 11.5 Å². The Morgan fingerprint density at radius 1 is 0.875 bits per heavy atom. The number of ether oxygens (including phenoxy) is 4. The van der Waals surface area contributed by atoms with E-state index < -0.39 is 41.6 Å². The van der Waals surface area contributed by atoms with E-state index in [9.17, 15) is 24.3 Å². The fraction of sp³-hybridized carbons (Fsp3) is 0.667. The van der Waals surface area contributed by atoms with Crippen LogP contribution in [0, 0.1) is 23.7 Å². The van der Waals surface area contributed by atoms with E-state index in [4.69, 9.17) is 18.9 Å². The van der Waals surface area contributed by atoms with Gasteiger partial charge in [-0.05, 0) is 49.3 Å². The minimum Gasteiger partial charge on any atom is -0.477 e. The summed E-state index contributed by atoms with van der Waals surface area (Å²) in [7, 11) is 0. The standard InChI is InChI=1S/C30H47NO9/c1-10-12-15-37-29(36)40-30(28(34)35,31-20(7)11-2)17-23-13-14-24(38-26(32)21(8)18(3)4)25(16-23)39-27(33)22(9)19(5)6/h13-14,16,18-22,31H,10-12,15,17H2,1-9H3,(H,34,35)/t20?,21?,22?,30-/m0/s1. The van der Waals surface area contributed by atoms with Gasteiger partial charge in [0, 0.05) is 12.5 Å². The molecule has 0 spiro atoms. The van der Waals surface area contributed by atoms with Crippen molar-refractivity contribution in [2.75, 3.05) is 6.61 Å². The molecule has 0 radical (unpaired) electrons. The summed E-state index contributed by atoms with van der Waals surface area (Å²) in [4.78, 5) is 50.6. The van der Waals surface area contributed by atoms with Crippen LogP contribution in [0.4, 0.5) is 4.79 Å². The molecule has 0 aromatic heterocycles. The number of hydrogen-bond donors (Lipinski definition) is 2. The number of carbonyl (C=O) groups excluding carboxylic acids is 3. The summed E-state index contributed by atoms with van der Waals surface area (Å²) in [5, 5.41) is 13.1. The van der Waals surface area contributed by atoms with E-state index in [1.807, 2.05) is 41.5 Å². The quantitative estimate of drug-likeness (QED) is 0.110. The maximum atomic E-state index is 12.8. The molecule has 226 valence electrons. The molecule has 40 heavy (non-hydrogen) atoms. The number of nitrogens with one attached hydrogen (secondary N) is 1. The number of hydrogen-bond acceptors (Lipinski definition) is 9. The fourth-order valence-corrected chi connectivity index (χ4v) is 3.33. The molecule has 2 N–H and O–H groups in total. The number of esters is 2. The Bertz CT molecular complexity index is 1010. The average Bonchev–Trinajstić information content (AvgIpc) is 2.88. The van der Waals surface area contributed by atoms with Gasteiger partial charge in [0.05, 0.1) is 18.4 Å². The maximum absolute atomic E-state index is 12.8. The van der Waals surface area contributed by atoms with Gasteiger partial charge in [-0.3, -0.25) is 14.9 Å². The molecule has 4 atom stereocenters. The molecule has 0 aliphatic carbocycles. The monoisotopic (exact) mass is 565 g/mol. The smallest absolute Gasteiger partial charge is 0.477 e. The highest BCUT2D eigenvalue weighted by Crippen LogP contribution is 2.33. The summed E-state index contributed by atoms with van der Waals surface area (Å²) < 4.78 is 21.7. The summed E-state index contributed by atoms with van der Waals surface area (Å²) in [6.45, 7) is 16.7. The Morgan fingerprint density at radius 3 is 1.90 bits per heavy atom. The highest BCUT2D eigenvalue weighted by atomic mass is 16.7. The van der Waals surface area contributed by atoms with Crippen LogP contribution >= 0.6 is 0 Å². The summed E-state index contributed by atoms with van der Waals surface area (Å²) in [6.07, 6.45) is 0.509. The van der Waals surface area contributed by atoms with Crippen LogP contribution in [0.2, 0.25) is 0 Å². The lowest BCUT2D eigenvalue weighted by Gasteiger charge is -2.32. The summed E-state index contributed by atoms with van der Waals surface area (Å²) in [5.74, 6) is -3.29. The third-order valence-electron chi connectivity index (χ3n) is 7.04. The van der Waals surface area contributed by atoms with Crippen LogP contribution in [0.3, 0.4) is 0 Å². The molecule has 0 saturated heterocycles. The van der Waals surface area contributed by atoms with Crippen molar-refractivity contribution in [1.29, 1.82) is 0 Å². The van der Waals surface area contributed by atoms with Crippen molar-refractivity contribution in [3.63, 3.8) is 0 Å². The molecule has 10 nitrogen and oxygen atoms in total. The van der Waals surface area contributed by atoms with Crippen LogP contribution in [-0.2, 0) is 30.3 Å². The normalized spacial score (nSPS) is 15.1. The minimum atomic E-state index is -2.17. The third-order valence-corrected chi connectivity index (χ3v) is 7.04. The van der Waals surface area contributed by atoms with Crippen molar-refractivity contribution in [1.82, 2.24) is 5.32 Å². The van der Waals surface area contributed by atoms with Crippen molar-refractivity contribution in [3.8, 4) is 11.5 Å². The van der Waals surface area contributed by atoms with Gasteiger partial charge in [-0.15, -0.1) is 0 Å². The molecular weight excluding hydrogens is 518 g/mol. The van der Waals surface area contributed by atoms with Crippen molar-refractivity contribution in [2.24, 2.45) is 23.7 Å². The van der Waals surface area contributed by atoms with Crippen molar-refractivity contribution in [2.45, 2.75) is 99.8 Å². The number of rotatable bonds is 16. The molecule has 0 aliphatic heterocycles. The van der Waals surface area contributed by atoms with E-state index in [1.54, 1.807) is 20.8 Å². The van der Waals surface area contributed by atoms with E-state index >= 15 is 0 Å². The predicted molar refractivity (Wildman–Crippen MR) is 150 cm³/mol. The van der Waals surface area contributed by atoms with E-state index in [-0.39, 0.29) is 42.4 Å². The zero-order valence-corrected chi connectivity index (χ0v) is 25.4. The Kier molecular flexibility index (Phi) is 14.1. The molecule has 0 amide bonds. The van der Waals surface area contributed by atoms with Crippen LogP contribution in [0.15, 0.2) is 18.2 Å². The van der Waals surface area contributed by atoms with Crippen molar-refractivity contribution in [3.05, 3.63) is 23.8 Å². The first-order valence-electron chi connectivity index (χ1n) is 14.1. The molecule has 0 heterocycles. The molecule has 0 bridgehead atoms. The topological polar surface area (TPSA) is 137 Å². The van der Waals surface area contributed by atoms with Crippen molar-refractivity contribution >= 4 is 24.1 Å². The predicted octanol–water partition coefficient (Wildman–Crippen LogP) is 5.75. The molecular formula is C30H47NO9. The third kappa shape index (κ3) is 10.4. The largest absolute Gasteiger partial charge is 0.510 e. The molecule has 0 fully saturated rings. The van der Waals surface area contributed by atoms with Crippen LogP contribution in [0.25, 0.3) is 0 Å². The second-order valence-electron chi connectivity index (χ2n) is 11.0. The van der Waals surface area contributed by atoms with Crippen LogP contribution in [-0.4, -0.2) is 47.5 Å². The Balaban J connectivity index is 3.51. The van der Waals surface area contributed by atoms with Gasteiger partial charge in [0.1, 0.15) is 0 Å². The van der Waals surface area contributed by atoms with Gasteiger partial charge in [0.25, 0.3) is 5.72 Å². The average molecular weight is 566 g/mol. The molecule has 1 rings (SSSR count). The lowest BCUT2D eigenvalue weighted by atomic mass is 9.98. The second kappa shape index (κ2) is 16.2.